The molecule has 16 heavy (non-hydrogen) atoms. The smallest absolute Gasteiger partial charge is 0.223 e. The molecule has 1 unspecified atom stereocenters. The van der Waals surface area contributed by atoms with Gasteiger partial charge in [-0.15, -0.1) is 0 Å². The Labute approximate surface area is 97.1 Å². The summed E-state index contributed by atoms with van der Waals surface area (Å²) in [4.78, 5) is 14.3. The lowest BCUT2D eigenvalue weighted by molar-refractivity contribution is -0.135. The molecular weight excluding hydrogens is 202 g/mol. The van der Waals surface area contributed by atoms with Crippen LogP contribution in [0.5, 0.6) is 0 Å². The molecule has 3 aliphatic rings. The van der Waals surface area contributed by atoms with E-state index in [9.17, 15) is 4.79 Å². The summed E-state index contributed by atoms with van der Waals surface area (Å²) in [6.45, 7) is 0.992. The van der Waals surface area contributed by atoms with Gasteiger partial charge in [-0.05, 0) is 44.4 Å². The van der Waals surface area contributed by atoms with Crippen LogP contribution in [0.15, 0.2) is 0 Å². The van der Waals surface area contributed by atoms with Crippen molar-refractivity contribution in [1.82, 2.24) is 4.90 Å². The van der Waals surface area contributed by atoms with Crippen LogP contribution in [0.25, 0.3) is 0 Å². The van der Waals surface area contributed by atoms with Crippen LogP contribution in [0.1, 0.15) is 44.9 Å². The molecule has 2 aliphatic heterocycles. The molecule has 2 heterocycles. The van der Waals surface area contributed by atoms with Crippen LogP contribution in [-0.4, -0.2) is 36.1 Å². The minimum Gasteiger partial charge on any atom is -0.381 e. The molecule has 1 saturated carbocycles. The molecule has 3 rings (SSSR count). The lowest BCUT2D eigenvalue weighted by Gasteiger charge is -2.38. The van der Waals surface area contributed by atoms with Gasteiger partial charge in [0.1, 0.15) is 0 Å². The highest BCUT2D eigenvalue weighted by atomic mass is 16.5. The average Bonchev–Trinajstić information content (AvgIpc) is 2.83. The van der Waals surface area contributed by atoms with E-state index < -0.39 is 0 Å². The van der Waals surface area contributed by atoms with Crippen LogP contribution in [0.3, 0.4) is 0 Å². The Balaban J connectivity index is 1.93. The number of carbonyl (C=O) groups excluding carboxylic acids is 1. The zero-order valence-electron chi connectivity index (χ0n) is 10.1. The second kappa shape index (κ2) is 3.73. The zero-order valence-corrected chi connectivity index (χ0v) is 10.1. The van der Waals surface area contributed by atoms with Crippen molar-refractivity contribution in [2.75, 3.05) is 13.7 Å². The van der Waals surface area contributed by atoms with E-state index in [1.165, 1.54) is 25.7 Å². The minimum atomic E-state index is 0.189. The van der Waals surface area contributed by atoms with Crippen LogP contribution in [0, 0.1) is 5.92 Å². The van der Waals surface area contributed by atoms with Crippen molar-refractivity contribution >= 4 is 5.91 Å². The average molecular weight is 223 g/mol. The van der Waals surface area contributed by atoms with Gasteiger partial charge in [-0.25, -0.2) is 0 Å². The van der Waals surface area contributed by atoms with Gasteiger partial charge in [-0.3, -0.25) is 4.79 Å². The summed E-state index contributed by atoms with van der Waals surface area (Å²) in [5.74, 6) is 1.10. The van der Waals surface area contributed by atoms with E-state index >= 15 is 0 Å². The Morgan fingerprint density at radius 2 is 2.31 bits per heavy atom. The fraction of sp³-hybridized carbons (Fsp3) is 0.923. The van der Waals surface area contributed by atoms with E-state index in [1.54, 1.807) is 0 Å². The highest BCUT2D eigenvalue weighted by molar-refractivity contribution is 5.78. The molecule has 2 saturated heterocycles. The van der Waals surface area contributed by atoms with Crippen molar-refractivity contribution in [3.63, 3.8) is 0 Å². The van der Waals surface area contributed by atoms with Gasteiger partial charge in [0.05, 0.1) is 6.10 Å². The SMILES string of the molecule is COC1C[C@H]2CCCC(=O)N3CCC[C@]23C1. The third kappa shape index (κ3) is 1.33. The maximum atomic E-state index is 12.1. The topological polar surface area (TPSA) is 29.5 Å². The lowest BCUT2D eigenvalue weighted by Crippen LogP contribution is -2.48. The van der Waals surface area contributed by atoms with E-state index in [0.29, 0.717) is 17.9 Å². The highest BCUT2D eigenvalue weighted by Crippen LogP contribution is 2.51. The number of hydrogen-bond acceptors (Lipinski definition) is 2. The van der Waals surface area contributed by atoms with Gasteiger partial charge in [0.2, 0.25) is 5.91 Å². The molecule has 3 atom stereocenters. The largest absolute Gasteiger partial charge is 0.381 e. The molecule has 90 valence electrons. The number of amides is 1. The zero-order chi connectivity index (χ0) is 11.2. The highest BCUT2D eigenvalue weighted by Gasteiger charge is 2.55. The fourth-order valence-electron chi connectivity index (χ4n) is 4.29. The molecule has 1 spiro atoms. The molecule has 1 aliphatic carbocycles. The van der Waals surface area contributed by atoms with Crippen LogP contribution in [0.4, 0.5) is 0 Å². The maximum Gasteiger partial charge on any atom is 0.223 e. The van der Waals surface area contributed by atoms with E-state index in [4.69, 9.17) is 4.74 Å². The quantitative estimate of drug-likeness (QED) is 0.680. The van der Waals surface area contributed by atoms with Gasteiger partial charge in [0.25, 0.3) is 0 Å². The van der Waals surface area contributed by atoms with Crippen LogP contribution in [-0.2, 0) is 9.53 Å². The van der Waals surface area contributed by atoms with Crippen molar-refractivity contribution in [3.05, 3.63) is 0 Å². The second-order valence-electron chi connectivity index (χ2n) is 5.64. The summed E-state index contributed by atoms with van der Waals surface area (Å²) in [6, 6.07) is 0. The van der Waals surface area contributed by atoms with Gasteiger partial charge in [-0.2, -0.15) is 0 Å². The third-order valence-electron chi connectivity index (χ3n) is 5.00. The van der Waals surface area contributed by atoms with E-state index in [-0.39, 0.29) is 5.54 Å². The first-order chi connectivity index (χ1) is 7.76. The van der Waals surface area contributed by atoms with Crippen LogP contribution < -0.4 is 0 Å². The molecule has 0 aromatic carbocycles. The lowest BCUT2D eigenvalue weighted by atomic mass is 9.83. The summed E-state index contributed by atoms with van der Waals surface area (Å²) in [5.41, 5.74) is 0.189. The summed E-state index contributed by atoms with van der Waals surface area (Å²) >= 11 is 0. The number of hydrogen-bond donors (Lipinski definition) is 0. The predicted molar refractivity (Wildman–Crippen MR) is 61.1 cm³/mol. The molecule has 3 nitrogen and oxygen atoms in total. The molecule has 0 radical (unpaired) electrons. The number of nitrogens with zero attached hydrogens (tertiary/aromatic N) is 1. The first-order valence-electron chi connectivity index (χ1n) is 6.59. The van der Waals surface area contributed by atoms with E-state index in [2.05, 4.69) is 4.90 Å². The fourth-order valence-corrected chi connectivity index (χ4v) is 4.29. The van der Waals surface area contributed by atoms with Crippen molar-refractivity contribution in [3.8, 4) is 0 Å². The Morgan fingerprint density at radius 1 is 1.44 bits per heavy atom. The first-order valence-corrected chi connectivity index (χ1v) is 6.59. The molecule has 3 heteroatoms. The Morgan fingerprint density at radius 3 is 3.12 bits per heavy atom. The third-order valence-corrected chi connectivity index (χ3v) is 5.00. The molecule has 0 N–H and O–H groups in total. The molecule has 3 fully saturated rings. The number of carbonyl (C=O) groups is 1. The first kappa shape index (κ1) is 10.6. The van der Waals surface area contributed by atoms with E-state index in [0.717, 1.165) is 25.8 Å². The van der Waals surface area contributed by atoms with Crippen LogP contribution in [0.2, 0.25) is 0 Å². The standard InChI is InChI=1S/C13H21NO2/c1-16-11-8-10-4-2-5-12(15)14-7-3-6-13(10,14)9-11/h10-11H,2-9H2,1H3/t10-,11?,13+/m1/s1. The molecule has 1 amide bonds. The summed E-state index contributed by atoms with van der Waals surface area (Å²) in [7, 11) is 1.81. The van der Waals surface area contributed by atoms with E-state index in [1.807, 2.05) is 7.11 Å². The number of ether oxygens (including phenoxy) is 1. The van der Waals surface area contributed by atoms with Crippen LogP contribution >= 0.6 is 0 Å². The summed E-state index contributed by atoms with van der Waals surface area (Å²) in [5, 5.41) is 0. The monoisotopic (exact) mass is 223 g/mol. The molecule has 0 aromatic rings. The molecule has 0 aromatic heterocycles. The van der Waals surface area contributed by atoms with Crippen molar-refractivity contribution in [1.29, 1.82) is 0 Å². The minimum absolute atomic E-state index is 0.189. The number of rotatable bonds is 1. The Bertz CT molecular complexity index is 304. The Kier molecular flexibility index (Phi) is 2.46. The van der Waals surface area contributed by atoms with Crippen molar-refractivity contribution in [2.24, 2.45) is 5.92 Å². The molecular formula is C13H21NO2. The van der Waals surface area contributed by atoms with Crippen molar-refractivity contribution in [2.45, 2.75) is 56.6 Å². The van der Waals surface area contributed by atoms with Gasteiger partial charge >= 0.3 is 0 Å². The van der Waals surface area contributed by atoms with Gasteiger partial charge in [0.15, 0.2) is 0 Å². The van der Waals surface area contributed by atoms with Gasteiger partial charge in [-0.1, -0.05) is 0 Å². The summed E-state index contributed by atoms with van der Waals surface area (Å²) < 4.78 is 5.54. The maximum absolute atomic E-state index is 12.1. The molecule has 0 bridgehead atoms. The predicted octanol–water partition coefficient (Wildman–Crippen LogP) is 1.96. The van der Waals surface area contributed by atoms with Gasteiger partial charge < -0.3 is 9.64 Å². The van der Waals surface area contributed by atoms with Crippen molar-refractivity contribution < 1.29 is 9.53 Å². The summed E-state index contributed by atoms with van der Waals surface area (Å²) in [6.07, 6.45) is 8.12. The van der Waals surface area contributed by atoms with Gasteiger partial charge in [0, 0.05) is 25.6 Å². The number of methoxy groups -OCH3 is 1. The second-order valence-corrected chi connectivity index (χ2v) is 5.64. The Hall–Kier alpha value is -0.570. The normalized spacial score (nSPS) is 43.1.